The second-order valence-electron chi connectivity index (χ2n) is 27.0. The minimum atomic E-state index is -5.33. The quantitative estimate of drug-likeness (QED) is 0.00644. The standard InChI is InChI=1S/C37H47F3N10O10.C30H40N10O8.C10H22N4O3.Li.H2O/c1-23(2)31(52)47-36-46-30-29(33(54)48-36)44-25(21-42-30)22-50(35(56)37(38,39)40)26-10-8-24(9-11-26)32(53)45-28(34(55)57-3)13-12-27(51)7-4-5-15-58-17-19-60-20-18-59-16-6-14-43-49-41;31-30-38-26-25(28(43)39-30)36-22(19-34-26)18-33-21-7-5-20(6-8-21)27(42)37-24(29(44)45)10-9-23(41)4-1-2-12-46-14-16-48-17-15-47-13-3-11-35-40-32;11-3-1-5-15-7-9-17-10-8-16-6-2-4-13-14-12;;/h8-11,21,23,28H,4-7,12-20,22H2,1-3H3,(H,45,53)(H2,42,46,47,48,52,54);5-8,19,24,33H,1-4,9-18H2,(H,37,42)(H,44,45)(H3,31,34,38,39,43);1-11H2;;1H2/q;;;+1;/p-1/t28-;24-;;;/m00.../s1. The number of benzene rings is 2. The molecule has 0 spiro atoms. The van der Waals surface area contributed by atoms with Crippen molar-refractivity contribution in [1.82, 2.24) is 50.5 Å². The summed E-state index contributed by atoms with van der Waals surface area (Å²) in [6, 6.07) is 8.34. The van der Waals surface area contributed by atoms with Crippen LogP contribution in [0.1, 0.15) is 136 Å². The molecule has 2 aromatic carbocycles. The molecule has 46 nitrogen and oxygen atoms in total. The predicted octanol–water partition coefficient (Wildman–Crippen LogP) is 4.22. The summed E-state index contributed by atoms with van der Waals surface area (Å²) >= 11 is 0. The molecule has 12 N–H and O–H groups in total. The van der Waals surface area contributed by atoms with Crippen LogP contribution < -0.4 is 67.6 Å². The Morgan fingerprint density at radius 3 is 1.38 bits per heavy atom. The predicted molar refractivity (Wildman–Crippen MR) is 448 cm³/mol. The number of halogens is 3. The second-order valence-corrected chi connectivity index (χ2v) is 27.0. The monoisotopic (exact) mass is 1790 g/mol. The van der Waals surface area contributed by atoms with E-state index in [0.717, 1.165) is 50.4 Å². The fraction of sp³-hybridized carbons (Fsp3) is 0.584. The van der Waals surface area contributed by atoms with E-state index in [1.165, 1.54) is 18.3 Å². The van der Waals surface area contributed by atoms with Crippen LogP contribution in [0, 0.1) is 5.92 Å². The number of hydrogen-bond acceptors (Lipinski definition) is 33. The number of nitrogens with zero attached hydrogens (tertiary/aromatic N) is 16. The fourth-order valence-electron chi connectivity index (χ4n) is 10.4. The number of hydrogen-bond donors (Lipinski definition) is 9. The SMILES string of the molecule is COC(=O)[C@H](CCC(=O)CCCCOCCOCCOCCCN=[N+]=[N-])NC(=O)c1ccc(N(Cc2cnc3nc(NC(=O)C(C)C)[nH]c(=O)c3n2)C(=O)C(F)(F)F)cc1.[Li+].[N-]=[N+]=NCCCOCCOCCOCCCCC(=O)CC[C@H](NC(=O)c1ccc(NCc2cnc3nc(N)[nH]c(=O)c3n2)cc1)C(=O)O.[N-]=[N+]=NCCCOCCOCCOCCCN.[OH-]. The zero-order valence-corrected chi connectivity index (χ0v) is 71.4. The number of ether oxygens (including phenoxy) is 10. The average Bonchev–Trinajstić information content (AvgIpc) is 0.781. The first-order chi connectivity index (χ1) is 60.3. The van der Waals surface area contributed by atoms with Gasteiger partial charge in [0.15, 0.2) is 22.3 Å². The Morgan fingerprint density at radius 1 is 0.543 bits per heavy atom. The van der Waals surface area contributed by atoms with Crippen molar-refractivity contribution in [3.8, 4) is 0 Å². The summed E-state index contributed by atoms with van der Waals surface area (Å²) in [5.41, 5.74) is 34.3. The molecule has 4 heterocycles. The van der Waals surface area contributed by atoms with Crippen molar-refractivity contribution in [1.29, 1.82) is 0 Å². The van der Waals surface area contributed by atoms with Crippen molar-refractivity contribution in [2.75, 3.05) is 173 Å². The molecule has 6 aromatic rings. The van der Waals surface area contributed by atoms with E-state index in [1.54, 1.807) is 26.0 Å². The normalized spacial score (nSPS) is 11.3. The third kappa shape index (κ3) is 48.2. The minimum Gasteiger partial charge on any atom is -0.870 e. The molecule has 0 aliphatic rings. The van der Waals surface area contributed by atoms with Gasteiger partial charge in [0.2, 0.25) is 17.8 Å². The van der Waals surface area contributed by atoms with Gasteiger partial charge in [-0.2, -0.15) is 23.1 Å². The summed E-state index contributed by atoms with van der Waals surface area (Å²) in [6.07, 6.45) is 2.86. The van der Waals surface area contributed by atoms with E-state index in [0.29, 0.717) is 206 Å². The van der Waals surface area contributed by atoms with Crippen molar-refractivity contribution < 1.29 is 128 Å². The number of carbonyl (C=O) groups is 8. The number of aromatic amines is 2. The number of unbranched alkanes of at least 4 members (excludes halogenated alkanes) is 2. The summed E-state index contributed by atoms with van der Waals surface area (Å²) < 4.78 is 94.2. The molecule has 0 saturated carbocycles. The summed E-state index contributed by atoms with van der Waals surface area (Å²) in [6.45, 7) is 13.3. The molecule has 0 saturated heterocycles. The van der Waals surface area contributed by atoms with Crippen molar-refractivity contribution in [3.05, 3.63) is 135 Å². The van der Waals surface area contributed by atoms with Gasteiger partial charge in [0.1, 0.15) is 23.7 Å². The third-order valence-corrected chi connectivity index (χ3v) is 17.0. The first-order valence-electron chi connectivity index (χ1n) is 40.1. The molecule has 127 heavy (non-hydrogen) atoms. The number of rotatable bonds is 63. The van der Waals surface area contributed by atoms with Crippen LogP contribution in [0.25, 0.3) is 53.7 Å². The number of methoxy groups -OCH3 is 1. The zero-order chi connectivity index (χ0) is 91.3. The third-order valence-electron chi connectivity index (χ3n) is 17.0. The number of carboxylic acid groups (broad SMARTS) is 1. The van der Waals surface area contributed by atoms with E-state index in [2.05, 4.69) is 91.2 Å². The van der Waals surface area contributed by atoms with E-state index in [9.17, 15) is 66.2 Å². The van der Waals surface area contributed by atoms with Crippen LogP contribution in [-0.2, 0) is 89.2 Å². The van der Waals surface area contributed by atoms with Crippen LogP contribution in [0.4, 0.5) is 36.4 Å². The maximum atomic E-state index is 13.7. The van der Waals surface area contributed by atoms with Crippen LogP contribution in [0.15, 0.2) is 85.9 Å². The van der Waals surface area contributed by atoms with Crippen LogP contribution in [0.2, 0.25) is 0 Å². The van der Waals surface area contributed by atoms with E-state index >= 15 is 0 Å². The molecule has 6 rings (SSSR count). The van der Waals surface area contributed by atoms with Crippen LogP contribution in [0.5, 0.6) is 0 Å². The number of alkyl halides is 3. The molecule has 4 aromatic heterocycles. The fourth-order valence-corrected chi connectivity index (χ4v) is 10.4. The number of aliphatic carboxylic acids is 1. The molecular formula is C77H110F3LiN24O22. The maximum absolute atomic E-state index is 13.7. The number of fused-ring (bicyclic) bond motifs is 2. The average molecular weight is 1790 g/mol. The van der Waals surface area contributed by atoms with E-state index < -0.39 is 77.4 Å². The smallest absolute Gasteiger partial charge is 0.870 e. The molecule has 0 unspecified atom stereocenters. The molecular weight excluding hydrogens is 1680 g/mol. The van der Waals surface area contributed by atoms with Gasteiger partial charge < -0.3 is 85.4 Å². The molecule has 692 valence electrons. The van der Waals surface area contributed by atoms with Crippen molar-refractivity contribution in [3.63, 3.8) is 0 Å². The number of esters is 1. The largest absolute Gasteiger partial charge is 1.00 e. The molecule has 0 aliphatic carbocycles. The number of aromatic nitrogens is 8. The number of azide groups is 3. The molecule has 4 amide bonds. The number of anilines is 4. The maximum Gasteiger partial charge on any atom is 1.00 e. The number of nitrogens with one attached hydrogen (secondary N) is 6. The number of Topliss-reactive ketones (excluding diaryl/α,β-unsaturated/α-hetero) is 2. The molecule has 0 bridgehead atoms. The number of nitrogens with two attached hydrogens (primary N) is 2. The van der Waals surface area contributed by atoms with Crippen LogP contribution in [0.3, 0.4) is 0 Å². The Hall–Kier alpha value is -11.5. The number of nitrogen functional groups attached to an aromatic ring is 1. The van der Waals surface area contributed by atoms with Gasteiger partial charge in [0.25, 0.3) is 22.9 Å². The van der Waals surface area contributed by atoms with E-state index in [-0.39, 0.29) is 131 Å². The number of amides is 4. The number of H-pyrrole nitrogens is 2. The van der Waals surface area contributed by atoms with E-state index in [4.69, 9.17) is 75.4 Å². The number of carbonyl (C=O) groups excluding carboxylic acids is 7. The first-order valence-corrected chi connectivity index (χ1v) is 40.1. The first kappa shape index (κ1) is 112. The molecule has 2 atom stereocenters. The van der Waals surface area contributed by atoms with Gasteiger partial charge >= 0.3 is 42.9 Å². The zero-order valence-electron chi connectivity index (χ0n) is 71.4. The Labute approximate surface area is 739 Å². The van der Waals surface area contributed by atoms with Gasteiger partial charge in [-0.1, -0.05) is 29.2 Å². The topological polar surface area (TPSA) is 672 Å². The Bertz CT molecular complexity index is 4570. The van der Waals surface area contributed by atoms with Crippen molar-refractivity contribution >= 4 is 92.7 Å². The second kappa shape index (κ2) is 66.9. The van der Waals surface area contributed by atoms with Crippen molar-refractivity contribution in [2.24, 2.45) is 27.0 Å². The van der Waals surface area contributed by atoms with Gasteiger partial charge in [-0.3, -0.25) is 58.5 Å². The minimum absolute atomic E-state index is 0. The van der Waals surface area contributed by atoms with Gasteiger partial charge in [-0.25, -0.2) is 29.5 Å². The Balaban J connectivity index is 0.000000727. The van der Waals surface area contributed by atoms with Gasteiger partial charge in [-0.15, -0.1) is 0 Å². The van der Waals surface area contributed by atoms with Gasteiger partial charge in [-0.05, 0) is 136 Å². The Kier molecular flexibility index (Phi) is 58.8. The van der Waals surface area contributed by atoms with Crippen LogP contribution >= 0.6 is 0 Å². The van der Waals surface area contributed by atoms with Crippen molar-refractivity contribution in [2.45, 2.75) is 135 Å². The van der Waals surface area contributed by atoms with Gasteiger partial charge in [0, 0.05) is 128 Å². The van der Waals surface area contributed by atoms with E-state index in [1.807, 2.05) is 0 Å². The summed E-state index contributed by atoms with van der Waals surface area (Å²) in [4.78, 5) is 162. The molecule has 0 radical (unpaired) electrons. The Morgan fingerprint density at radius 2 is 0.945 bits per heavy atom. The summed E-state index contributed by atoms with van der Waals surface area (Å²) in [5, 5.41) is 30.3. The summed E-state index contributed by atoms with van der Waals surface area (Å²) in [5.74, 6) is -7.07. The summed E-state index contributed by atoms with van der Waals surface area (Å²) in [7, 11) is 1.11. The van der Waals surface area contributed by atoms with Gasteiger partial charge in [0.05, 0.1) is 123 Å². The molecule has 0 fully saturated rings. The molecule has 50 heteroatoms. The van der Waals surface area contributed by atoms with Crippen LogP contribution in [-0.4, -0.2) is 268 Å². The molecule has 0 aliphatic heterocycles. The number of carboxylic acids is 1. The number of ketones is 2.